The Labute approximate surface area is 165 Å². The van der Waals surface area contributed by atoms with Crippen LogP contribution in [0, 0.1) is 16.0 Å². The van der Waals surface area contributed by atoms with Crippen LogP contribution in [-0.2, 0) is 25.7 Å². The highest BCUT2D eigenvalue weighted by molar-refractivity contribution is 5.72. The van der Waals surface area contributed by atoms with Gasteiger partial charge < -0.3 is 14.2 Å². The van der Waals surface area contributed by atoms with Crippen molar-refractivity contribution < 1.29 is 28.7 Å². The molecule has 8 heteroatoms. The molecule has 0 aliphatic rings. The lowest BCUT2D eigenvalue weighted by Crippen LogP contribution is -2.23. The van der Waals surface area contributed by atoms with E-state index < -0.39 is 10.9 Å². The van der Waals surface area contributed by atoms with E-state index in [-0.39, 0.29) is 48.9 Å². The molecule has 1 aromatic carbocycles. The largest absolute Gasteiger partial charge is 0.490 e. The number of nitro benzene ring substituents is 1. The third kappa shape index (κ3) is 7.94. The average Bonchev–Trinajstić information content (AvgIpc) is 2.65. The summed E-state index contributed by atoms with van der Waals surface area (Å²) in [6.45, 7) is 5.97. The van der Waals surface area contributed by atoms with Crippen molar-refractivity contribution >= 4 is 17.6 Å². The second kappa shape index (κ2) is 11.9. The number of benzene rings is 1. The first-order chi connectivity index (χ1) is 13.3. The zero-order chi connectivity index (χ0) is 21.1. The van der Waals surface area contributed by atoms with Gasteiger partial charge in [0, 0.05) is 18.9 Å². The summed E-state index contributed by atoms with van der Waals surface area (Å²) in [6.07, 6.45) is 2.21. The van der Waals surface area contributed by atoms with Crippen molar-refractivity contribution in [3.63, 3.8) is 0 Å². The molecule has 0 aliphatic carbocycles. The van der Waals surface area contributed by atoms with Gasteiger partial charge in [-0.05, 0) is 30.4 Å². The normalized spacial score (nSPS) is 11.8. The number of esters is 2. The van der Waals surface area contributed by atoms with Crippen LogP contribution in [0.2, 0.25) is 0 Å². The Morgan fingerprint density at radius 2 is 1.86 bits per heavy atom. The molecule has 0 amide bonds. The van der Waals surface area contributed by atoms with Crippen molar-refractivity contribution in [1.29, 1.82) is 0 Å². The van der Waals surface area contributed by atoms with Crippen LogP contribution in [0.1, 0.15) is 58.4 Å². The molecule has 0 fully saturated rings. The summed E-state index contributed by atoms with van der Waals surface area (Å²) in [6, 6.07) is 4.36. The van der Waals surface area contributed by atoms with Gasteiger partial charge in [0.2, 0.25) is 0 Å². The molecule has 0 heterocycles. The first-order valence-corrected chi connectivity index (χ1v) is 9.44. The fourth-order valence-corrected chi connectivity index (χ4v) is 2.62. The first-order valence-electron chi connectivity index (χ1n) is 9.44. The van der Waals surface area contributed by atoms with Gasteiger partial charge in [-0.15, -0.1) is 0 Å². The second-order valence-electron chi connectivity index (χ2n) is 6.84. The number of nitrogens with zero attached hydrogens (tertiary/aromatic N) is 1. The van der Waals surface area contributed by atoms with Crippen molar-refractivity contribution in [2.24, 2.45) is 5.92 Å². The molecule has 1 rings (SSSR count). The summed E-state index contributed by atoms with van der Waals surface area (Å²) < 4.78 is 15.5. The summed E-state index contributed by atoms with van der Waals surface area (Å²) in [5.41, 5.74) is 0.296. The van der Waals surface area contributed by atoms with Gasteiger partial charge in [0.15, 0.2) is 5.75 Å². The molecule has 0 radical (unpaired) electrons. The smallest absolute Gasteiger partial charge is 0.311 e. The topological polar surface area (TPSA) is 105 Å². The third-order valence-corrected chi connectivity index (χ3v) is 4.20. The van der Waals surface area contributed by atoms with E-state index in [9.17, 15) is 19.7 Å². The minimum atomic E-state index is -0.557. The summed E-state index contributed by atoms with van der Waals surface area (Å²) in [4.78, 5) is 34.2. The van der Waals surface area contributed by atoms with E-state index in [0.717, 1.165) is 12.8 Å². The van der Waals surface area contributed by atoms with Crippen molar-refractivity contribution in [2.75, 3.05) is 7.11 Å². The van der Waals surface area contributed by atoms with Gasteiger partial charge in [0.05, 0.1) is 12.0 Å². The number of carbonyl (C=O) groups is 2. The molecule has 1 aromatic rings. The van der Waals surface area contributed by atoms with Crippen LogP contribution < -0.4 is 4.74 Å². The lowest BCUT2D eigenvalue weighted by Gasteiger charge is -2.20. The predicted molar refractivity (Wildman–Crippen MR) is 103 cm³/mol. The summed E-state index contributed by atoms with van der Waals surface area (Å²) >= 11 is 0. The van der Waals surface area contributed by atoms with E-state index in [1.807, 2.05) is 20.8 Å². The van der Waals surface area contributed by atoms with Gasteiger partial charge in [-0.3, -0.25) is 19.7 Å². The highest BCUT2D eigenvalue weighted by Crippen LogP contribution is 2.27. The van der Waals surface area contributed by atoms with Crippen molar-refractivity contribution in [3.05, 3.63) is 33.9 Å². The van der Waals surface area contributed by atoms with E-state index in [4.69, 9.17) is 14.2 Å². The summed E-state index contributed by atoms with van der Waals surface area (Å²) in [7, 11) is 1.35. The number of ether oxygens (including phenoxy) is 3. The maximum Gasteiger partial charge on any atom is 0.311 e. The van der Waals surface area contributed by atoms with Crippen LogP contribution in [0.5, 0.6) is 5.75 Å². The molecule has 0 aliphatic heterocycles. The lowest BCUT2D eigenvalue weighted by atomic mass is 10.0. The van der Waals surface area contributed by atoms with Crippen LogP contribution in [0.25, 0.3) is 0 Å². The molecule has 0 aromatic heterocycles. The lowest BCUT2D eigenvalue weighted by molar-refractivity contribution is -0.385. The Morgan fingerprint density at radius 3 is 2.43 bits per heavy atom. The second-order valence-corrected chi connectivity index (χ2v) is 6.84. The van der Waals surface area contributed by atoms with Crippen LogP contribution in [0.15, 0.2) is 18.2 Å². The summed E-state index contributed by atoms with van der Waals surface area (Å²) in [5.74, 6) is -0.394. The minimum Gasteiger partial charge on any atom is -0.490 e. The average molecular weight is 395 g/mol. The standard InChI is InChI=1S/C20H29NO7/c1-5-7-17(14(2)3)28-20(23)9-6-8-19(22)27-13-15-10-11-18(26-4)16(12-15)21(24)25/h10-12,14,17H,5-9,13H2,1-4H3. The number of hydrogen-bond acceptors (Lipinski definition) is 7. The van der Waals surface area contributed by atoms with Crippen LogP contribution >= 0.6 is 0 Å². The molecule has 0 N–H and O–H groups in total. The molecule has 0 spiro atoms. The number of rotatable bonds is 12. The van der Waals surface area contributed by atoms with E-state index >= 15 is 0 Å². The van der Waals surface area contributed by atoms with Crippen LogP contribution in [0.3, 0.4) is 0 Å². The monoisotopic (exact) mass is 395 g/mol. The van der Waals surface area contributed by atoms with Gasteiger partial charge in [0.25, 0.3) is 0 Å². The summed E-state index contributed by atoms with van der Waals surface area (Å²) in [5, 5.41) is 11.0. The van der Waals surface area contributed by atoms with Gasteiger partial charge in [-0.25, -0.2) is 0 Å². The Bertz CT molecular complexity index is 673. The molecule has 28 heavy (non-hydrogen) atoms. The van der Waals surface area contributed by atoms with Gasteiger partial charge in [0.1, 0.15) is 12.7 Å². The Hall–Kier alpha value is -2.64. The fraction of sp³-hybridized carbons (Fsp3) is 0.600. The van der Waals surface area contributed by atoms with E-state index in [0.29, 0.717) is 12.0 Å². The van der Waals surface area contributed by atoms with E-state index in [1.54, 1.807) is 6.07 Å². The third-order valence-electron chi connectivity index (χ3n) is 4.20. The van der Waals surface area contributed by atoms with Gasteiger partial charge in [-0.1, -0.05) is 33.3 Å². The van der Waals surface area contributed by atoms with Crippen molar-refractivity contribution in [2.45, 2.75) is 65.6 Å². The zero-order valence-corrected chi connectivity index (χ0v) is 16.9. The fourth-order valence-electron chi connectivity index (χ4n) is 2.62. The maximum atomic E-state index is 11.9. The van der Waals surface area contributed by atoms with Crippen molar-refractivity contribution in [1.82, 2.24) is 0 Å². The molecule has 0 saturated carbocycles. The van der Waals surface area contributed by atoms with Gasteiger partial charge in [-0.2, -0.15) is 0 Å². The molecule has 0 bridgehead atoms. The molecule has 1 unspecified atom stereocenters. The molecule has 1 atom stereocenters. The number of nitro groups is 1. The Kier molecular flexibility index (Phi) is 9.98. The van der Waals surface area contributed by atoms with Crippen molar-refractivity contribution in [3.8, 4) is 5.75 Å². The molecule has 156 valence electrons. The SMILES string of the molecule is CCCC(OC(=O)CCCC(=O)OCc1ccc(OC)c([N+](=O)[O-])c1)C(C)C. The van der Waals surface area contributed by atoms with E-state index in [1.165, 1.54) is 19.2 Å². The Morgan fingerprint density at radius 1 is 1.18 bits per heavy atom. The van der Waals surface area contributed by atoms with Crippen LogP contribution in [-0.4, -0.2) is 30.1 Å². The highest BCUT2D eigenvalue weighted by Gasteiger charge is 2.18. The number of carbonyl (C=O) groups excluding carboxylic acids is 2. The molecule has 0 saturated heterocycles. The molecular weight excluding hydrogens is 366 g/mol. The first kappa shape index (κ1) is 23.4. The quantitative estimate of drug-likeness (QED) is 0.297. The minimum absolute atomic E-state index is 0.0769. The number of hydrogen-bond donors (Lipinski definition) is 0. The zero-order valence-electron chi connectivity index (χ0n) is 16.9. The predicted octanol–water partition coefficient (Wildman–Crippen LogP) is 4.18. The maximum absolute atomic E-state index is 11.9. The molecule has 8 nitrogen and oxygen atoms in total. The highest BCUT2D eigenvalue weighted by atomic mass is 16.6. The van der Waals surface area contributed by atoms with E-state index in [2.05, 4.69) is 0 Å². The van der Waals surface area contributed by atoms with Gasteiger partial charge >= 0.3 is 17.6 Å². The Balaban J connectivity index is 2.40. The molecular formula is C20H29NO7. The number of methoxy groups -OCH3 is 1. The van der Waals surface area contributed by atoms with Crippen LogP contribution in [0.4, 0.5) is 5.69 Å².